The number of carbonyl (C=O) groups excluding carboxylic acids is 4. The number of fused-ring (bicyclic) bond motifs is 2. The SMILES string of the molecule is C=CC(=O)N1CCN(c2nc(NCCC(=O)N(C)CCOCCOCCOCCOCCNC(=O)c3ccc(CC(=O)[C@@H]4N[C@@H](CC(C)(C)C)[C@](C#N)(c5ccc(Cl)cc5F)[C@H]4c4cccc(Cl)c4F)c(OC)c3)nc3c(F)c(-c4cc(O)cc5ccccc45)c(Cl)cc23)CC1. The zero-order chi connectivity index (χ0) is 68.8. The Balaban J connectivity index is 0.673. The molecule has 3 heterocycles. The first-order chi connectivity index (χ1) is 46.1. The van der Waals surface area contributed by atoms with Crippen LogP contribution in [0.1, 0.15) is 66.6 Å². The largest absolute Gasteiger partial charge is 0.508 e. The first-order valence-corrected chi connectivity index (χ1v) is 32.6. The van der Waals surface area contributed by atoms with Crippen LogP contribution >= 0.6 is 34.8 Å². The summed E-state index contributed by atoms with van der Waals surface area (Å²) in [4.78, 5) is 68.1. The molecular weight excluding hydrogens is 1300 g/mol. The van der Waals surface area contributed by atoms with Crippen molar-refractivity contribution in [3.8, 4) is 28.7 Å². The lowest BCUT2D eigenvalue weighted by molar-refractivity contribution is -0.130. The molecule has 0 unspecified atom stereocenters. The number of piperazine rings is 1. The molecule has 0 bridgehead atoms. The van der Waals surface area contributed by atoms with Crippen LogP contribution in [0.4, 0.5) is 24.9 Å². The number of likely N-dealkylation sites (N-methyl/N-ethyl adjacent to an activating group) is 1. The van der Waals surface area contributed by atoms with E-state index in [4.69, 9.17) is 63.5 Å². The number of methoxy groups -OCH3 is 1. The van der Waals surface area contributed by atoms with Gasteiger partial charge in [0.15, 0.2) is 11.6 Å². The number of nitrogens with one attached hydrogen (secondary N) is 3. The number of hydrogen-bond acceptors (Lipinski definition) is 16. The molecule has 2 aliphatic heterocycles. The Morgan fingerprint density at radius 3 is 2.20 bits per heavy atom. The van der Waals surface area contributed by atoms with E-state index in [1.165, 1.54) is 55.7 Å². The Hall–Kier alpha value is -8.11. The van der Waals surface area contributed by atoms with Crippen LogP contribution in [-0.2, 0) is 45.2 Å². The van der Waals surface area contributed by atoms with Gasteiger partial charge in [0.25, 0.3) is 5.91 Å². The molecule has 2 saturated heterocycles. The second-order valence-electron chi connectivity index (χ2n) is 24.6. The summed E-state index contributed by atoms with van der Waals surface area (Å²) in [7, 11) is 3.07. The van der Waals surface area contributed by atoms with Crippen molar-refractivity contribution in [3.05, 3.63) is 164 Å². The van der Waals surface area contributed by atoms with Crippen LogP contribution in [0.3, 0.4) is 0 Å². The van der Waals surface area contributed by atoms with Crippen molar-refractivity contribution in [2.24, 2.45) is 5.41 Å². The van der Waals surface area contributed by atoms with E-state index in [2.05, 4.69) is 33.6 Å². The standard InChI is InChI=1S/C71H77Cl3F3N9O10/c1-7-59(89)85-22-24-86(25-23-85)67-51-40-54(74)61(50-39-47(87)35-43-11-8-9-12-48(43)50)64(77)65(51)82-69(83-67)80-20-19-60(90)84(5)26-28-94-30-32-96-34-33-95-31-29-93-27-21-79-68(91)45-16-15-44(57(37-45)92-6)36-56(88)66-62(49-13-10-14-53(73)63(49)76)71(42-78,58(81-66)41-70(2,3)4)52-18-17-46(72)38-55(52)75/h7-18,35,37-40,58,62,66,81,87H,1,19-34,36,41H2,2-6H3,(H,79,91)(H,80,82,83)/t58-,62-,66-,71-/m0/s1. The molecule has 25 heteroatoms. The van der Waals surface area contributed by atoms with Crippen LogP contribution in [-0.4, -0.2) is 173 Å². The second-order valence-corrected chi connectivity index (χ2v) is 25.9. The van der Waals surface area contributed by atoms with Gasteiger partial charge in [-0.1, -0.05) is 111 Å². The molecule has 4 atom stereocenters. The van der Waals surface area contributed by atoms with Crippen LogP contribution < -0.4 is 25.6 Å². The number of aromatic nitrogens is 2. The highest BCUT2D eigenvalue weighted by Gasteiger charge is 2.61. The number of phenolic OH excluding ortho intramolecular Hbond substituents is 1. The highest BCUT2D eigenvalue weighted by Crippen LogP contribution is 2.53. The first kappa shape index (κ1) is 72.2. The number of Topliss-reactive ketones (excluding diaryl/α,β-unsaturated/α-hetero) is 1. The van der Waals surface area contributed by atoms with Gasteiger partial charge in [0.1, 0.15) is 39.9 Å². The number of aromatic hydroxyl groups is 1. The number of phenols is 1. The van der Waals surface area contributed by atoms with Crippen LogP contribution in [0.15, 0.2) is 110 Å². The van der Waals surface area contributed by atoms with Gasteiger partial charge in [0, 0.05) is 110 Å². The Morgan fingerprint density at radius 2 is 1.52 bits per heavy atom. The smallest absolute Gasteiger partial charge is 0.251 e. The first-order valence-electron chi connectivity index (χ1n) is 31.5. The van der Waals surface area contributed by atoms with Crippen LogP contribution in [0.2, 0.25) is 15.1 Å². The van der Waals surface area contributed by atoms with Gasteiger partial charge < -0.3 is 59.4 Å². The van der Waals surface area contributed by atoms with E-state index in [1.807, 2.05) is 49.9 Å². The minimum absolute atomic E-state index is 0.0123. The molecule has 0 saturated carbocycles. The number of ketones is 1. The van der Waals surface area contributed by atoms with E-state index < -0.39 is 58.0 Å². The molecule has 0 aliphatic carbocycles. The summed E-state index contributed by atoms with van der Waals surface area (Å²) >= 11 is 19.4. The Kier molecular flexibility index (Phi) is 24.6. The van der Waals surface area contributed by atoms with Crippen molar-refractivity contribution >= 4 is 91.7 Å². The van der Waals surface area contributed by atoms with Crippen molar-refractivity contribution in [2.75, 3.05) is 123 Å². The maximum absolute atomic E-state index is 17.0. The number of nitrogens with zero attached hydrogens (tertiary/aromatic N) is 6. The third-order valence-corrected chi connectivity index (χ3v) is 17.8. The van der Waals surface area contributed by atoms with Crippen molar-refractivity contribution in [1.29, 1.82) is 5.26 Å². The minimum Gasteiger partial charge on any atom is -0.508 e. The highest BCUT2D eigenvalue weighted by molar-refractivity contribution is 6.35. The molecule has 19 nitrogen and oxygen atoms in total. The summed E-state index contributed by atoms with van der Waals surface area (Å²) in [5, 5.41) is 32.9. The zero-order valence-corrected chi connectivity index (χ0v) is 56.3. The van der Waals surface area contributed by atoms with Crippen LogP contribution in [0.5, 0.6) is 11.5 Å². The fraction of sp³-hybridized carbons (Fsp3) is 0.394. The molecule has 3 amide bonds. The van der Waals surface area contributed by atoms with Gasteiger partial charge in [-0.25, -0.2) is 18.2 Å². The number of halogens is 6. The van der Waals surface area contributed by atoms with Gasteiger partial charge in [0.2, 0.25) is 17.8 Å². The predicted molar refractivity (Wildman–Crippen MR) is 364 cm³/mol. The molecule has 7 aromatic rings. The minimum atomic E-state index is -1.80. The summed E-state index contributed by atoms with van der Waals surface area (Å²) in [5.74, 6) is -4.07. The van der Waals surface area contributed by atoms with E-state index in [0.717, 1.165) is 6.07 Å². The fourth-order valence-electron chi connectivity index (χ4n) is 12.4. The van der Waals surface area contributed by atoms with Crippen LogP contribution in [0, 0.1) is 34.2 Å². The Labute approximate surface area is 570 Å². The van der Waals surface area contributed by atoms with E-state index in [1.54, 1.807) is 41.1 Å². The van der Waals surface area contributed by atoms with Gasteiger partial charge in [0.05, 0.1) is 82.1 Å². The third kappa shape index (κ3) is 17.0. The van der Waals surface area contributed by atoms with Crippen molar-refractivity contribution in [3.63, 3.8) is 0 Å². The van der Waals surface area contributed by atoms with Gasteiger partial charge in [-0.05, 0) is 88.3 Å². The predicted octanol–water partition coefficient (Wildman–Crippen LogP) is 11.3. The molecule has 9 rings (SSSR count). The lowest BCUT2D eigenvalue weighted by atomic mass is 9.62. The van der Waals surface area contributed by atoms with Gasteiger partial charge in [-0.2, -0.15) is 10.2 Å². The number of benzene rings is 6. The Morgan fingerprint density at radius 1 is 0.823 bits per heavy atom. The van der Waals surface area contributed by atoms with E-state index >= 15 is 13.2 Å². The number of ether oxygens (including phenoxy) is 5. The summed E-state index contributed by atoms with van der Waals surface area (Å²) < 4.78 is 77.6. The fourth-order valence-corrected chi connectivity index (χ4v) is 13.0. The summed E-state index contributed by atoms with van der Waals surface area (Å²) in [5.41, 5.74) is -1.15. The summed E-state index contributed by atoms with van der Waals surface area (Å²) in [6.45, 7) is 13.8. The number of amides is 3. The lowest BCUT2D eigenvalue weighted by Crippen LogP contribution is -2.48. The average Bonchev–Trinajstić information content (AvgIpc) is 1.50. The number of anilines is 2. The molecule has 0 radical (unpaired) electrons. The summed E-state index contributed by atoms with van der Waals surface area (Å²) in [6, 6.07) is 25.3. The van der Waals surface area contributed by atoms with Gasteiger partial charge >= 0.3 is 0 Å². The van der Waals surface area contributed by atoms with Crippen molar-refractivity contribution < 1.29 is 61.1 Å². The number of rotatable bonds is 30. The molecule has 96 heavy (non-hydrogen) atoms. The van der Waals surface area contributed by atoms with Gasteiger partial charge in [-0.3, -0.25) is 19.2 Å². The number of carbonyl (C=O) groups is 4. The quantitative estimate of drug-likeness (QED) is 0.0242. The third-order valence-electron chi connectivity index (χ3n) is 17.0. The van der Waals surface area contributed by atoms with Gasteiger partial charge in [-0.15, -0.1) is 0 Å². The second kappa shape index (κ2) is 32.8. The molecule has 6 aromatic carbocycles. The number of hydrogen-bond donors (Lipinski definition) is 4. The molecule has 0 spiro atoms. The normalized spacial score (nSPS) is 17.2. The number of nitriles is 1. The average molecular weight is 1380 g/mol. The molecular formula is C71H77Cl3F3N9O10. The zero-order valence-electron chi connectivity index (χ0n) is 54.1. The highest BCUT2D eigenvalue weighted by atomic mass is 35.5. The van der Waals surface area contributed by atoms with E-state index in [-0.39, 0.29) is 131 Å². The topological polar surface area (TPSA) is 230 Å². The monoisotopic (exact) mass is 1380 g/mol. The van der Waals surface area contributed by atoms with Crippen molar-refractivity contribution in [2.45, 2.75) is 63.5 Å². The summed E-state index contributed by atoms with van der Waals surface area (Å²) in [6.07, 6.45) is 1.39. The molecule has 2 aliphatic rings. The molecule has 1 aromatic heterocycles. The lowest BCUT2D eigenvalue weighted by Gasteiger charge is -2.37. The molecule has 4 N–H and O–H groups in total. The van der Waals surface area contributed by atoms with E-state index in [0.29, 0.717) is 92.1 Å². The maximum atomic E-state index is 17.0. The van der Waals surface area contributed by atoms with Crippen molar-refractivity contribution in [1.82, 2.24) is 30.4 Å². The Bertz CT molecular complexity index is 4040. The van der Waals surface area contributed by atoms with Crippen LogP contribution in [0.25, 0.3) is 32.8 Å². The molecule has 508 valence electrons. The molecule has 2 fully saturated rings. The maximum Gasteiger partial charge on any atom is 0.251 e. The van der Waals surface area contributed by atoms with E-state index in [9.17, 15) is 29.5 Å².